The zero-order chi connectivity index (χ0) is 16.8. The molecule has 0 fully saturated rings. The molecule has 1 atom stereocenters. The molecule has 4 rings (SSSR count). The number of fused-ring (bicyclic) bond motifs is 2. The van der Waals surface area contributed by atoms with E-state index in [1.54, 1.807) is 29.2 Å². The van der Waals surface area contributed by atoms with Gasteiger partial charge in [-0.3, -0.25) is 4.90 Å². The molecule has 2 heterocycles. The standard InChI is InChI=1S/C16H14N4O4/c17-14-10-5-8(15(21)22)1-3-11(10)19-16(18)20(14)9-2-4-12-13(6-9)24-7-23-12/h1-6,14H,7,17H2,(H2,18,19)(H,21,22). The van der Waals surface area contributed by atoms with E-state index in [9.17, 15) is 4.79 Å². The number of carbonyl (C=O) groups is 1. The highest BCUT2D eigenvalue weighted by Crippen LogP contribution is 2.39. The van der Waals surface area contributed by atoms with Gasteiger partial charge in [-0.25, -0.2) is 9.79 Å². The molecule has 0 spiro atoms. The monoisotopic (exact) mass is 326 g/mol. The van der Waals surface area contributed by atoms with Crippen LogP contribution in [-0.2, 0) is 0 Å². The van der Waals surface area contributed by atoms with Crippen molar-refractivity contribution >= 4 is 23.3 Å². The van der Waals surface area contributed by atoms with Crippen LogP contribution in [0.1, 0.15) is 22.1 Å². The second kappa shape index (κ2) is 5.14. The number of rotatable bonds is 2. The number of benzene rings is 2. The summed E-state index contributed by atoms with van der Waals surface area (Å²) in [6.45, 7) is 0.166. The topological polar surface area (TPSA) is 123 Å². The Morgan fingerprint density at radius 2 is 2.00 bits per heavy atom. The third-order valence-electron chi connectivity index (χ3n) is 3.99. The van der Waals surface area contributed by atoms with Crippen LogP contribution < -0.4 is 25.8 Å². The first-order valence-electron chi connectivity index (χ1n) is 7.20. The van der Waals surface area contributed by atoms with E-state index < -0.39 is 12.1 Å². The van der Waals surface area contributed by atoms with E-state index in [0.29, 0.717) is 28.4 Å². The first-order valence-corrected chi connectivity index (χ1v) is 7.20. The van der Waals surface area contributed by atoms with Gasteiger partial charge in [-0.1, -0.05) is 0 Å². The number of anilines is 1. The summed E-state index contributed by atoms with van der Waals surface area (Å²) in [6, 6.07) is 9.90. The molecule has 2 aliphatic heterocycles. The molecular formula is C16H14N4O4. The number of aromatic carboxylic acids is 1. The van der Waals surface area contributed by atoms with Crippen LogP contribution in [0.4, 0.5) is 11.4 Å². The van der Waals surface area contributed by atoms with E-state index in [-0.39, 0.29) is 18.3 Å². The molecule has 8 nitrogen and oxygen atoms in total. The number of nitrogens with zero attached hydrogens (tertiary/aromatic N) is 2. The molecule has 5 N–H and O–H groups in total. The molecule has 2 aromatic rings. The van der Waals surface area contributed by atoms with Gasteiger partial charge in [-0.2, -0.15) is 0 Å². The lowest BCUT2D eigenvalue weighted by Gasteiger charge is -2.34. The summed E-state index contributed by atoms with van der Waals surface area (Å²) in [5, 5.41) is 9.17. The van der Waals surface area contributed by atoms with E-state index in [1.807, 2.05) is 0 Å². The molecule has 8 heteroatoms. The van der Waals surface area contributed by atoms with Crippen LogP contribution in [0.15, 0.2) is 41.4 Å². The highest BCUT2D eigenvalue weighted by atomic mass is 16.7. The minimum Gasteiger partial charge on any atom is -0.478 e. The summed E-state index contributed by atoms with van der Waals surface area (Å²) in [4.78, 5) is 17.1. The highest BCUT2D eigenvalue weighted by molar-refractivity contribution is 6.00. The van der Waals surface area contributed by atoms with Crippen molar-refractivity contribution in [3.05, 3.63) is 47.5 Å². The molecular weight excluding hydrogens is 312 g/mol. The maximum absolute atomic E-state index is 11.2. The molecule has 122 valence electrons. The van der Waals surface area contributed by atoms with E-state index in [0.717, 1.165) is 0 Å². The number of carboxylic acid groups (broad SMARTS) is 1. The van der Waals surface area contributed by atoms with E-state index >= 15 is 0 Å². The quantitative estimate of drug-likeness (QED) is 0.764. The molecule has 0 aliphatic carbocycles. The normalized spacial score (nSPS) is 18.1. The van der Waals surface area contributed by atoms with Crippen LogP contribution in [0, 0.1) is 0 Å². The number of carboxylic acids is 1. The average Bonchev–Trinajstić information content (AvgIpc) is 3.02. The third-order valence-corrected chi connectivity index (χ3v) is 3.99. The predicted molar refractivity (Wildman–Crippen MR) is 86.7 cm³/mol. The molecule has 0 bridgehead atoms. The first-order chi connectivity index (χ1) is 11.5. The number of guanidine groups is 1. The minimum absolute atomic E-state index is 0.144. The van der Waals surface area contributed by atoms with Crippen molar-refractivity contribution in [1.29, 1.82) is 0 Å². The Balaban J connectivity index is 1.78. The Labute approximate surface area is 136 Å². The lowest BCUT2D eigenvalue weighted by molar-refractivity contribution is 0.0696. The summed E-state index contributed by atoms with van der Waals surface area (Å²) in [7, 11) is 0. The fourth-order valence-corrected chi connectivity index (χ4v) is 2.81. The fourth-order valence-electron chi connectivity index (χ4n) is 2.81. The lowest BCUT2D eigenvalue weighted by atomic mass is 10.0. The van der Waals surface area contributed by atoms with Gasteiger partial charge in [0.1, 0.15) is 6.17 Å². The molecule has 0 amide bonds. The van der Waals surface area contributed by atoms with Crippen molar-refractivity contribution in [3.63, 3.8) is 0 Å². The largest absolute Gasteiger partial charge is 0.478 e. The van der Waals surface area contributed by atoms with Crippen LogP contribution in [0.2, 0.25) is 0 Å². The van der Waals surface area contributed by atoms with Crippen LogP contribution in [-0.4, -0.2) is 23.8 Å². The second-order valence-corrected chi connectivity index (χ2v) is 5.40. The lowest BCUT2D eigenvalue weighted by Crippen LogP contribution is -2.46. The van der Waals surface area contributed by atoms with Crippen molar-refractivity contribution in [2.45, 2.75) is 6.17 Å². The number of ether oxygens (including phenoxy) is 2. The van der Waals surface area contributed by atoms with E-state index in [1.165, 1.54) is 12.1 Å². The van der Waals surface area contributed by atoms with Gasteiger partial charge in [0.05, 0.1) is 11.3 Å². The van der Waals surface area contributed by atoms with Crippen molar-refractivity contribution in [1.82, 2.24) is 0 Å². The van der Waals surface area contributed by atoms with Crippen LogP contribution in [0.5, 0.6) is 11.5 Å². The van der Waals surface area contributed by atoms with E-state index in [2.05, 4.69) is 4.99 Å². The smallest absolute Gasteiger partial charge is 0.335 e. The summed E-state index contributed by atoms with van der Waals surface area (Å²) in [5.74, 6) is 0.435. The number of hydrogen-bond donors (Lipinski definition) is 3. The van der Waals surface area contributed by atoms with Gasteiger partial charge >= 0.3 is 5.97 Å². The van der Waals surface area contributed by atoms with Crippen molar-refractivity contribution in [2.24, 2.45) is 16.5 Å². The summed E-state index contributed by atoms with van der Waals surface area (Å²) >= 11 is 0. The van der Waals surface area contributed by atoms with Crippen LogP contribution >= 0.6 is 0 Å². The van der Waals surface area contributed by atoms with Crippen molar-refractivity contribution in [3.8, 4) is 11.5 Å². The van der Waals surface area contributed by atoms with Gasteiger partial charge in [0.2, 0.25) is 12.8 Å². The zero-order valence-corrected chi connectivity index (χ0v) is 12.5. The fraction of sp³-hybridized carbons (Fsp3) is 0.125. The molecule has 0 radical (unpaired) electrons. The molecule has 0 saturated heterocycles. The Kier molecular flexibility index (Phi) is 3.07. The molecule has 24 heavy (non-hydrogen) atoms. The van der Waals surface area contributed by atoms with Gasteiger partial charge in [0.15, 0.2) is 11.5 Å². The molecule has 2 aromatic carbocycles. The first kappa shape index (κ1) is 14.3. The van der Waals surface area contributed by atoms with Crippen LogP contribution in [0.3, 0.4) is 0 Å². The summed E-state index contributed by atoms with van der Waals surface area (Å²) < 4.78 is 10.7. The molecule has 0 aromatic heterocycles. The maximum atomic E-state index is 11.2. The van der Waals surface area contributed by atoms with Gasteiger partial charge < -0.3 is 26.0 Å². The number of hydrogen-bond acceptors (Lipinski definition) is 7. The predicted octanol–water partition coefficient (Wildman–Crippen LogP) is 1.54. The molecule has 2 aliphatic rings. The van der Waals surface area contributed by atoms with E-state index in [4.69, 9.17) is 26.0 Å². The minimum atomic E-state index is -1.03. The van der Waals surface area contributed by atoms with Crippen LogP contribution in [0.25, 0.3) is 0 Å². The number of aliphatic imine (C=N–C) groups is 1. The van der Waals surface area contributed by atoms with Gasteiger partial charge in [-0.05, 0) is 30.3 Å². The van der Waals surface area contributed by atoms with Crippen molar-refractivity contribution < 1.29 is 19.4 Å². The SMILES string of the molecule is NC1=Nc2ccc(C(=O)O)cc2C(N)N1c1ccc2c(c1)OCO2. The maximum Gasteiger partial charge on any atom is 0.335 e. The summed E-state index contributed by atoms with van der Waals surface area (Å²) in [5.41, 5.74) is 14.4. The van der Waals surface area contributed by atoms with Gasteiger partial charge in [-0.15, -0.1) is 0 Å². The average molecular weight is 326 g/mol. The second-order valence-electron chi connectivity index (χ2n) is 5.40. The highest BCUT2D eigenvalue weighted by Gasteiger charge is 2.29. The molecule has 0 saturated carbocycles. The van der Waals surface area contributed by atoms with Gasteiger partial charge in [0.25, 0.3) is 0 Å². The zero-order valence-electron chi connectivity index (χ0n) is 12.5. The Hall–Kier alpha value is -3.26. The van der Waals surface area contributed by atoms with Gasteiger partial charge in [0, 0.05) is 17.3 Å². The van der Waals surface area contributed by atoms with Crippen molar-refractivity contribution in [2.75, 3.05) is 11.7 Å². The number of nitrogens with two attached hydrogens (primary N) is 2. The molecule has 1 unspecified atom stereocenters. The third kappa shape index (κ3) is 2.12. The Bertz CT molecular complexity index is 880. The Morgan fingerprint density at radius 1 is 1.21 bits per heavy atom. The Morgan fingerprint density at radius 3 is 2.79 bits per heavy atom. The summed E-state index contributed by atoms with van der Waals surface area (Å²) in [6.07, 6.45) is -0.669.